The molecule has 2 aromatic rings. The molecule has 154 valence electrons. The zero-order valence-electron chi connectivity index (χ0n) is 16.5. The summed E-state index contributed by atoms with van der Waals surface area (Å²) in [6.45, 7) is 8.74. The quantitative estimate of drug-likeness (QED) is 0.383. The highest BCUT2D eigenvalue weighted by Gasteiger charge is 2.23. The fourth-order valence-electron chi connectivity index (χ4n) is 2.24. The van der Waals surface area contributed by atoms with Crippen LogP contribution in [0.2, 0.25) is 11.6 Å². The highest BCUT2D eigenvalue weighted by atomic mass is 28.3. The predicted molar refractivity (Wildman–Crippen MR) is 106 cm³/mol. The third-order valence-electron chi connectivity index (χ3n) is 4.43. The van der Waals surface area contributed by atoms with E-state index in [4.69, 9.17) is 19.6 Å². The van der Waals surface area contributed by atoms with Crippen molar-refractivity contribution in [3.8, 4) is 11.5 Å². The number of nitrogens with two attached hydrogens (primary N) is 1. The van der Waals surface area contributed by atoms with Crippen molar-refractivity contribution in [2.24, 2.45) is 0 Å². The van der Waals surface area contributed by atoms with E-state index >= 15 is 0 Å². The molecular formula is C20H26F3NO3Si. The lowest BCUT2D eigenvalue weighted by atomic mass is 10.2. The van der Waals surface area contributed by atoms with Crippen LogP contribution in [0.25, 0.3) is 0 Å². The smallest absolute Gasteiger partial charge is 0.179 e. The minimum atomic E-state index is -1.39. The summed E-state index contributed by atoms with van der Waals surface area (Å²) in [6, 6.07) is 6.12. The van der Waals surface area contributed by atoms with Crippen LogP contribution in [0, 0.1) is 17.5 Å². The van der Waals surface area contributed by atoms with E-state index in [0.29, 0.717) is 6.61 Å². The van der Waals surface area contributed by atoms with Gasteiger partial charge in [0.15, 0.2) is 20.7 Å². The molecule has 0 bridgehead atoms. The van der Waals surface area contributed by atoms with Crippen molar-refractivity contribution in [2.45, 2.75) is 39.0 Å². The third-order valence-corrected chi connectivity index (χ3v) is 7.61. The maximum Gasteiger partial charge on any atom is 0.179 e. The molecule has 0 fully saturated rings. The average molecular weight is 414 g/mol. The number of ether oxygens (including phenoxy) is 2. The van der Waals surface area contributed by atoms with Gasteiger partial charge in [0.1, 0.15) is 30.5 Å². The number of benzene rings is 2. The predicted octanol–water partition coefficient (Wildman–Crippen LogP) is 4.81. The Morgan fingerprint density at radius 3 is 2.29 bits per heavy atom. The molecule has 0 aliphatic carbocycles. The van der Waals surface area contributed by atoms with Crippen LogP contribution in [0.5, 0.6) is 11.5 Å². The van der Waals surface area contributed by atoms with Gasteiger partial charge in [-0.2, -0.15) is 0 Å². The van der Waals surface area contributed by atoms with Crippen LogP contribution in [0.15, 0.2) is 30.3 Å². The Balaban J connectivity index is 2.03. The number of halogens is 3. The van der Waals surface area contributed by atoms with E-state index in [0.717, 1.165) is 12.1 Å². The van der Waals surface area contributed by atoms with E-state index < -0.39 is 26.5 Å². The number of anilines is 1. The lowest BCUT2D eigenvalue weighted by Gasteiger charge is -2.25. The summed E-state index contributed by atoms with van der Waals surface area (Å²) in [7, 11) is -1.39. The van der Waals surface area contributed by atoms with Gasteiger partial charge in [0, 0.05) is 6.07 Å². The Kier molecular flexibility index (Phi) is 7.37. The second kappa shape index (κ2) is 9.34. The number of rotatable bonds is 8. The maximum atomic E-state index is 14.3. The van der Waals surface area contributed by atoms with E-state index in [2.05, 4.69) is 27.3 Å². The number of nitrogen functional groups attached to an aromatic ring is 1. The van der Waals surface area contributed by atoms with Crippen molar-refractivity contribution >= 4 is 14.7 Å². The zero-order chi connectivity index (χ0) is 20.9. The topological polar surface area (TPSA) is 53.7 Å². The highest BCUT2D eigenvalue weighted by Crippen LogP contribution is 2.28. The largest absolute Gasteiger partial charge is 0.491 e. The first kappa shape index (κ1) is 22.1. The van der Waals surface area contributed by atoms with Gasteiger partial charge >= 0.3 is 0 Å². The minimum absolute atomic E-state index is 0.0657. The number of hydrogen-bond donors (Lipinski definition) is 1. The highest BCUT2D eigenvalue weighted by molar-refractivity contribution is 6.53. The summed E-state index contributed by atoms with van der Waals surface area (Å²) >= 11 is 0. The number of hydrogen-bond acceptors (Lipinski definition) is 4. The van der Waals surface area contributed by atoms with Gasteiger partial charge in [0.25, 0.3) is 0 Å². The molecule has 0 radical (unpaired) electrons. The molecule has 0 aromatic heterocycles. The Bertz CT molecular complexity index is 812. The van der Waals surface area contributed by atoms with Crippen molar-refractivity contribution in [1.29, 1.82) is 0 Å². The summed E-state index contributed by atoms with van der Waals surface area (Å²) < 4.78 is 58.0. The Morgan fingerprint density at radius 1 is 0.964 bits per heavy atom. The van der Waals surface area contributed by atoms with E-state index in [-0.39, 0.29) is 41.0 Å². The van der Waals surface area contributed by atoms with Crippen LogP contribution in [0.1, 0.15) is 26.3 Å². The molecular weight excluding hydrogens is 387 g/mol. The van der Waals surface area contributed by atoms with Crippen LogP contribution >= 0.6 is 0 Å². The van der Waals surface area contributed by atoms with Gasteiger partial charge in [-0.1, -0.05) is 20.8 Å². The molecule has 1 atom stereocenters. The maximum absolute atomic E-state index is 14.3. The van der Waals surface area contributed by atoms with Crippen LogP contribution in [-0.2, 0) is 11.0 Å². The first-order valence-corrected chi connectivity index (χ1v) is 11.2. The van der Waals surface area contributed by atoms with Crippen molar-refractivity contribution in [3.63, 3.8) is 0 Å². The molecule has 28 heavy (non-hydrogen) atoms. The third kappa shape index (κ3) is 5.90. The first-order chi connectivity index (χ1) is 13.1. The fraction of sp³-hybridized carbons (Fsp3) is 0.400. The molecule has 2 rings (SSSR count). The molecule has 0 aliphatic rings. The molecule has 1 unspecified atom stereocenters. The van der Waals surface area contributed by atoms with Gasteiger partial charge in [0.05, 0.1) is 17.9 Å². The molecule has 0 spiro atoms. The van der Waals surface area contributed by atoms with Crippen LogP contribution in [-0.4, -0.2) is 22.3 Å². The van der Waals surface area contributed by atoms with E-state index in [1.54, 1.807) is 0 Å². The molecule has 4 nitrogen and oxygen atoms in total. The summed E-state index contributed by atoms with van der Waals surface area (Å²) in [4.78, 5) is 0. The molecule has 0 amide bonds. The summed E-state index contributed by atoms with van der Waals surface area (Å²) in [5.74, 6) is -2.23. The zero-order valence-corrected chi connectivity index (χ0v) is 17.7. The van der Waals surface area contributed by atoms with Crippen LogP contribution < -0.4 is 15.2 Å². The van der Waals surface area contributed by atoms with Gasteiger partial charge in [-0.25, -0.2) is 13.2 Å². The van der Waals surface area contributed by atoms with E-state index in [1.807, 2.05) is 0 Å². The van der Waals surface area contributed by atoms with Crippen LogP contribution in [0.3, 0.4) is 0 Å². The normalized spacial score (nSPS) is 12.7. The van der Waals surface area contributed by atoms with Crippen molar-refractivity contribution in [2.75, 3.05) is 18.9 Å². The SMILES string of the molecule is C[SiH](OCCOc1ccc(F)c(F)c1COc1ccc(F)c(N)c1)C(C)(C)C. The monoisotopic (exact) mass is 413 g/mol. The summed E-state index contributed by atoms with van der Waals surface area (Å²) in [5, 5.41) is 0.123. The molecule has 2 aromatic carbocycles. The van der Waals surface area contributed by atoms with Crippen LogP contribution in [0.4, 0.5) is 18.9 Å². The van der Waals surface area contributed by atoms with Gasteiger partial charge < -0.3 is 19.6 Å². The molecule has 2 N–H and O–H groups in total. The molecule has 8 heteroatoms. The lowest BCUT2D eigenvalue weighted by Crippen LogP contribution is -2.27. The van der Waals surface area contributed by atoms with Crippen molar-refractivity contribution < 1.29 is 27.1 Å². The fourth-order valence-corrected chi connectivity index (χ4v) is 3.19. The molecule has 0 saturated carbocycles. The molecule has 0 aliphatic heterocycles. The Morgan fingerprint density at radius 2 is 1.64 bits per heavy atom. The molecule has 0 saturated heterocycles. The van der Waals surface area contributed by atoms with Gasteiger partial charge in [0.2, 0.25) is 0 Å². The Hall–Kier alpha value is -2.19. The van der Waals surface area contributed by atoms with Crippen molar-refractivity contribution in [1.82, 2.24) is 0 Å². The molecule has 0 heterocycles. The van der Waals surface area contributed by atoms with E-state index in [1.165, 1.54) is 18.2 Å². The van der Waals surface area contributed by atoms with Crippen molar-refractivity contribution in [3.05, 3.63) is 53.3 Å². The second-order valence-corrected chi connectivity index (χ2v) is 10.9. The lowest BCUT2D eigenvalue weighted by molar-refractivity contribution is 0.205. The summed E-state index contributed by atoms with van der Waals surface area (Å²) in [6.07, 6.45) is 0. The van der Waals surface area contributed by atoms with E-state index in [9.17, 15) is 13.2 Å². The second-order valence-electron chi connectivity index (χ2n) is 7.54. The average Bonchev–Trinajstić information content (AvgIpc) is 2.62. The van der Waals surface area contributed by atoms with Gasteiger partial charge in [-0.05, 0) is 35.9 Å². The standard InChI is InChI=1S/C20H26F3NO3Si/c1-20(2,3)28(4)27-10-9-25-18-8-7-16(22)19(23)14(18)12-26-13-5-6-15(21)17(24)11-13/h5-8,11,28H,9-10,12,24H2,1-4H3. The minimum Gasteiger partial charge on any atom is -0.491 e. The van der Waals surface area contributed by atoms with Gasteiger partial charge in [-0.3, -0.25) is 0 Å². The summed E-state index contributed by atoms with van der Waals surface area (Å²) in [5.41, 5.74) is 5.32. The van der Waals surface area contributed by atoms with Gasteiger partial charge in [-0.15, -0.1) is 0 Å². The first-order valence-electron chi connectivity index (χ1n) is 8.98. The Labute approximate surface area is 165 Å².